The Balaban J connectivity index is 2.19. The Labute approximate surface area is 113 Å². The van der Waals surface area contributed by atoms with Crippen LogP contribution < -0.4 is 10.6 Å². The minimum absolute atomic E-state index is 0.0171. The molecular formula is C12H13N3O5. The molecule has 2 rings (SSSR count). The number of nitrogens with two attached hydrogens (primary N) is 1. The lowest BCUT2D eigenvalue weighted by molar-refractivity contribution is -0.384. The number of rotatable bonds is 5. The van der Waals surface area contributed by atoms with Crippen molar-refractivity contribution < 1.29 is 19.6 Å². The van der Waals surface area contributed by atoms with E-state index in [0.29, 0.717) is 18.8 Å². The maximum atomic E-state index is 11.4. The van der Waals surface area contributed by atoms with Gasteiger partial charge in [0.05, 0.1) is 22.6 Å². The number of carbonyl (C=O) groups excluding carboxylic acids is 1. The molecule has 106 valence electrons. The van der Waals surface area contributed by atoms with Gasteiger partial charge in [-0.3, -0.25) is 19.7 Å². The fraction of sp³-hybridized carbons (Fsp3) is 0.333. The number of benzene rings is 1. The van der Waals surface area contributed by atoms with Gasteiger partial charge in [0, 0.05) is 31.1 Å². The van der Waals surface area contributed by atoms with Crippen molar-refractivity contribution in [3.63, 3.8) is 0 Å². The second kappa shape index (κ2) is 5.16. The Morgan fingerprint density at radius 2 is 2.10 bits per heavy atom. The Kier molecular flexibility index (Phi) is 3.55. The Morgan fingerprint density at radius 3 is 2.60 bits per heavy atom. The number of carboxylic acid groups (broad SMARTS) is 1. The monoisotopic (exact) mass is 279 g/mol. The number of anilines is 1. The highest BCUT2D eigenvalue weighted by Gasteiger charge is 2.31. The van der Waals surface area contributed by atoms with Crippen molar-refractivity contribution in [3.05, 3.63) is 33.9 Å². The van der Waals surface area contributed by atoms with Crippen LogP contribution in [0.25, 0.3) is 0 Å². The number of non-ortho nitro benzene ring substituents is 1. The Morgan fingerprint density at radius 1 is 1.45 bits per heavy atom. The van der Waals surface area contributed by atoms with Crippen LogP contribution in [-0.4, -0.2) is 35.0 Å². The van der Waals surface area contributed by atoms with Gasteiger partial charge in [0.2, 0.25) is 0 Å². The molecule has 0 aliphatic carbocycles. The molecule has 1 aliphatic rings. The summed E-state index contributed by atoms with van der Waals surface area (Å²) in [5.41, 5.74) is 5.61. The van der Waals surface area contributed by atoms with Gasteiger partial charge in [-0.05, 0) is 6.07 Å². The summed E-state index contributed by atoms with van der Waals surface area (Å²) in [6, 6.07) is 3.91. The number of hydrogen-bond donors (Lipinski definition) is 2. The van der Waals surface area contributed by atoms with Gasteiger partial charge in [0.25, 0.3) is 11.6 Å². The van der Waals surface area contributed by atoms with Crippen LogP contribution in [0.4, 0.5) is 11.4 Å². The van der Waals surface area contributed by atoms with Gasteiger partial charge >= 0.3 is 5.97 Å². The van der Waals surface area contributed by atoms with Gasteiger partial charge < -0.3 is 15.7 Å². The van der Waals surface area contributed by atoms with Crippen molar-refractivity contribution >= 4 is 23.3 Å². The van der Waals surface area contributed by atoms with Gasteiger partial charge in [-0.25, -0.2) is 0 Å². The molecule has 0 saturated carbocycles. The molecule has 1 saturated heterocycles. The van der Waals surface area contributed by atoms with Gasteiger partial charge in [-0.2, -0.15) is 0 Å². The van der Waals surface area contributed by atoms with Crippen molar-refractivity contribution in [2.75, 3.05) is 18.0 Å². The first kappa shape index (κ1) is 13.8. The molecular weight excluding hydrogens is 266 g/mol. The summed E-state index contributed by atoms with van der Waals surface area (Å²) in [7, 11) is 0. The Bertz CT molecular complexity index is 580. The maximum Gasteiger partial charge on any atom is 0.303 e. The number of carboxylic acids is 1. The van der Waals surface area contributed by atoms with Crippen molar-refractivity contribution in [2.45, 2.75) is 6.42 Å². The lowest BCUT2D eigenvalue weighted by Gasteiger charge is -2.41. The van der Waals surface area contributed by atoms with Crippen molar-refractivity contribution in [2.24, 2.45) is 11.7 Å². The van der Waals surface area contributed by atoms with E-state index in [1.165, 1.54) is 12.1 Å². The average Bonchev–Trinajstić information content (AvgIpc) is 2.32. The molecule has 1 aromatic rings. The second-order valence-electron chi connectivity index (χ2n) is 4.69. The van der Waals surface area contributed by atoms with Crippen molar-refractivity contribution in [1.29, 1.82) is 0 Å². The fourth-order valence-electron chi connectivity index (χ4n) is 2.25. The zero-order valence-electron chi connectivity index (χ0n) is 10.5. The molecule has 1 heterocycles. The third-order valence-electron chi connectivity index (χ3n) is 3.22. The van der Waals surface area contributed by atoms with Crippen LogP contribution in [0.1, 0.15) is 16.8 Å². The maximum absolute atomic E-state index is 11.4. The van der Waals surface area contributed by atoms with Gasteiger partial charge in [-0.15, -0.1) is 0 Å². The standard InChI is InChI=1S/C12H13N3O5/c13-12(18)9-4-8(15(19)20)1-2-10(9)14-5-7(6-14)3-11(16)17/h1-2,4,7H,3,5-6H2,(H2,13,18)(H,16,17). The molecule has 0 unspecified atom stereocenters. The molecule has 0 spiro atoms. The number of primary amides is 1. The lowest BCUT2D eigenvalue weighted by atomic mass is 9.94. The predicted octanol–water partition coefficient (Wildman–Crippen LogP) is 0.605. The van der Waals surface area contributed by atoms with Crippen molar-refractivity contribution in [3.8, 4) is 0 Å². The SMILES string of the molecule is NC(=O)c1cc([N+](=O)[O-])ccc1N1CC(CC(=O)O)C1. The van der Waals surface area contributed by atoms with Crippen LogP contribution in [0.15, 0.2) is 18.2 Å². The molecule has 1 amide bonds. The van der Waals surface area contributed by atoms with E-state index in [1.54, 1.807) is 4.90 Å². The summed E-state index contributed by atoms with van der Waals surface area (Å²) in [6.45, 7) is 0.981. The molecule has 0 atom stereocenters. The molecule has 1 aliphatic heterocycles. The zero-order chi connectivity index (χ0) is 14.9. The molecule has 0 aromatic heterocycles. The molecule has 1 fully saturated rings. The van der Waals surface area contributed by atoms with Gasteiger partial charge in [0.15, 0.2) is 0 Å². The number of nitro benzene ring substituents is 1. The van der Waals surface area contributed by atoms with Crippen LogP contribution in [-0.2, 0) is 4.79 Å². The van der Waals surface area contributed by atoms with E-state index in [0.717, 1.165) is 6.07 Å². The number of hydrogen-bond acceptors (Lipinski definition) is 5. The number of aliphatic carboxylic acids is 1. The quantitative estimate of drug-likeness (QED) is 0.600. The van der Waals surface area contributed by atoms with Crippen LogP contribution in [0.3, 0.4) is 0 Å². The molecule has 8 nitrogen and oxygen atoms in total. The van der Waals surface area contributed by atoms with E-state index in [1.807, 2.05) is 0 Å². The lowest BCUT2D eigenvalue weighted by Crippen LogP contribution is -2.48. The summed E-state index contributed by atoms with van der Waals surface area (Å²) < 4.78 is 0. The molecule has 8 heteroatoms. The molecule has 3 N–H and O–H groups in total. The van der Waals surface area contributed by atoms with E-state index in [-0.39, 0.29) is 23.6 Å². The highest BCUT2D eigenvalue weighted by Crippen LogP contribution is 2.31. The van der Waals surface area contributed by atoms with Gasteiger partial charge in [-0.1, -0.05) is 0 Å². The van der Waals surface area contributed by atoms with Crippen LogP contribution in [0, 0.1) is 16.0 Å². The normalized spacial score (nSPS) is 14.7. The van der Waals surface area contributed by atoms with Crippen LogP contribution in [0.2, 0.25) is 0 Å². The van der Waals surface area contributed by atoms with E-state index >= 15 is 0 Å². The first-order valence-electron chi connectivity index (χ1n) is 5.93. The molecule has 1 aromatic carbocycles. The summed E-state index contributed by atoms with van der Waals surface area (Å²) in [4.78, 5) is 33.8. The van der Waals surface area contributed by atoms with E-state index < -0.39 is 16.8 Å². The predicted molar refractivity (Wildman–Crippen MR) is 69.6 cm³/mol. The van der Waals surface area contributed by atoms with Gasteiger partial charge in [0.1, 0.15) is 0 Å². The first-order valence-corrected chi connectivity index (χ1v) is 5.93. The first-order chi connectivity index (χ1) is 9.38. The molecule has 20 heavy (non-hydrogen) atoms. The topological polar surface area (TPSA) is 127 Å². The molecule has 0 radical (unpaired) electrons. The number of amides is 1. The summed E-state index contributed by atoms with van der Waals surface area (Å²) >= 11 is 0. The number of nitro groups is 1. The van der Waals surface area contributed by atoms with Crippen molar-refractivity contribution in [1.82, 2.24) is 0 Å². The third-order valence-corrected chi connectivity index (χ3v) is 3.22. The minimum Gasteiger partial charge on any atom is -0.481 e. The second-order valence-corrected chi connectivity index (χ2v) is 4.69. The number of carbonyl (C=O) groups is 2. The Hall–Kier alpha value is -2.64. The summed E-state index contributed by atoms with van der Waals surface area (Å²) in [6.07, 6.45) is 0.0649. The number of nitrogens with zero attached hydrogens (tertiary/aromatic N) is 2. The fourth-order valence-corrected chi connectivity index (χ4v) is 2.25. The van der Waals surface area contributed by atoms with Crippen LogP contribution >= 0.6 is 0 Å². The molecule has 0 bridgehead atoms. The smallest absolute Gasteiger partial charge is 0.303 e. The summed E-state index contributed by atoms with van der Waals surface area (Å²) in [5.74, 6) is -1.60. The minimum atomic E-state index is -0.867. The van der Waals surface area contributed by atoms with Crippen LogP contribution in [0.5, 0.6) is 0 Å². The zero-order valence-corrected chi connectivity index (χ0v) is 10.5. The van der Waals surface area contributed by atoms with E-state index in [4.69, 9.17) is 10.8 Å². The third kappa shape index (κ3) is 2.68. The largest absolute Gasteiger partial charge is 0.481 e. The highest BCUT2D eigenvalue weighted by atomic mass is 16.6. The highest BCUT2D eigenvalue weighted by molar-refractivity contribution is 5.99. The van der Waals surface area contributed by atoms with E-state index in [9.17, 15) is 19.7 Å². The van der Waals surface area contributed by atoms with E-state index in [2.05, 4.69) is 0 Å². The summed E-state index contributed by atoms with van der Waals surface area (Å²) in [5, 5.41) is 19.4. The average molecular weight is 279 g/mol.